The van der Waals surface area contributed by atoms with E-state index in [0.29, 0.717) is 23.1 Å². The number of aromatic nitrogens is 2. The molecule has 0 spiro atoms. The zero-order chi connectivity index (χ0) is 16.5. The van der Waals surface area contributed by atoms with Crippen molar-refractivity contribution in [3.63, 3.8) is 0 Å². The minimum absolute atomic E-state index is 0.198. The minimum Gasteiger partial charge on any atom is -0.460 e. The fourth-order valence-electron chi connectivity index (χ4n) is 3.80. The van der Waals surface area contributed by atoms with Gasteiger partial charge in [0.15, 0.2) is 0 Å². The number of rotatable bonds is 3. The molecule has 4 rings (SSSR count). The molecule has 5 heteroatoms. The first-order valence-corrected chi connectivity index (χ1v) is 8.66. The molecule has 2 saturated heterocycles. The van der Waals surface area contributed by atoms with Crippen molar-refractivity contribution < 1.29 is 9.13 Å². The molecule has 4 nitrogen and oxygen atoms in total. The molecule has 0 amide bonds. The molecule has 0 unspecified atom stereocenters. The van der Waals surface area contributed by atoms with Crippen molar-refractivity contribution in [1.29, 1.82) is 0 Å². The van der Waals surface area contributed by atoms with Gasteiger partial charge in [-0.25, -0.2) is 14.4 Å². The van der Waals surface area contributed by atoms with Crippen molar-refractivity contribution >= 4 is 0 Å². The van der Waals surface area contributed by atoms with E-state index in [1.807, 2.05) is 13.0 Å². The van der Waals surface area contributed by atoms with E-state index in [9.17, 15) is 4.39 Å². The van der Waals surface area contributed by atoms with E-state index in [4.69, 9.17) is 4.74 Å². The maximum Gasteiger partial charge on any atom is 0.316 e. The summed E-state index contributed by atoms with van der Waals surface area (Å²) in [6, 6.07) is 5.58. The van der Waals surface area contributed by atoms with Crippen molar-refractivity contribution in [1.82, 2.24) is 14.9 Å². The van der Waals surface area contributed by atoms with Crippen LogP contribution in [0.1, 0.15) is 24.8 Å². The molecule has 24 heavy (non-hydrogen) atoms. The number of fused-ring (bicyclic) bond motifs is 2. The Kier molecular flexibility index (Phi) is 4.19. The van der Waals surface area contributed by atoms with E-state index in [1.165, 1.54) is 25.5 Å². The van der Waals surface area contributed by atoms with Crippen LogP contribution in [0.25, 0.3) is 11.1 Å². The van der Waals surface area contributed by atoms with Gasteiger partial charge in [0, 0.05) is 42.5 Å². The summed E-state index contributed by atoms with van der Waals surface area (Å²) in [5, 5.41) is 0. The second kappa shape index (κ2) is 6.48. The predicted molar refractivity (Wildman–Crippen MR) is 90.4 cm³/mol. The Morgan fingerprint density at radius 1 is 1.17 bits per heavy atom. The number of hydrogen-bond acceptors (Lipinski definition) is 4. The standard InChI is InChI=1S/C19H22FN3O/c1-13-4-5-16(17(20)9-13)15-10-21-19(22-11-15)24-18-6-8-23-7-2-3-14(18)12-23/h4-5,9-11,14,18H,2-3,6-8,12H2,1H3/t14-,18-/m0/s1. The monoisotopic (exact) mass is 327 g/mol. The second-order valence-electron chi connectivity index (χ2n) is 6.89. The molecular weight excluding hydrogens is 305 g/mol. The van der Waals surface area contributed by atoms with Gasteiger partial charge in [-0.05, 0) is 44.4 Å². The molecule has 2 aromatic rings. The summed E-state index contributed by atoms with van der Waals surface area (Å²) in [7, 11) is 0. The van der Waals surface area contributed by atoms with Gasteiger partial charge < -0.3 is 9.64 Å². The van der Waals surface area contributed by atoms with Crippen LogP contribution in [-0.4, -0.2) is 40.6 Å². The van der Waals surface area contributed by atoms with Crippen molar-refractivity contribution in [2.45, 2.75) is 32.3 Å². The molecule has 1 aromatic carbocycles. The molecule has 0 N–H and O–H groups in total. The van der Waals surface area contributed by atoms with Crippen molar-refractivity contribution in [2.75, 3.05) is 19.6 Å². The van der Waals surface area contributed by atoms with Gasteiger partial charge in [-0.3, -0.25) is 0 Å². The Bertz CT molecular complexity index is 719. The normalized spacial score (nSPS) is 26.2. The number of benzene rings is 1. The molecule has 1 aromatic heterocycles. The highest BCUT2D eigenvalue weighted by molar-refractivity contribution is 5.62. The number of halogens is 1. The van der Waals surface area contributed by atoms with E-state index in [-0.39, 0.29) is 11.9 Å². The van der Waals surface area contributed by atoms with Crippen LogP contribution in [-0.2, 0) is 0 Å². The molecule has 0 saturated carbocycles. The van der Waals surface area contributed by atoms with Crippen molar-refractivity contribution in [2.24, 2.45) is 5.92 Å². The topological polar surface area (TPSA) is 38.2 Å². The molecule has 2 aliphatic heterocycles. The first kappa shape index (κ1) is 15.5. The number of aryl methyl sites for hydroxylation is 1. The minimum atomic E-state index is -0.248. The smallest absolute Gasteiger partial charge is 0.316 e. The lowest BCUT2D eigenvalue weighted by Gasteiger charge is -2.41. The highest BCUT2D eigenvalue weighted by Crippen LogP contribution is 2.29. The first-order valence-electron chi connectivity index (χ1n) is 8.66. The fraction of sp³-hybridized carbons (Fsp3) is 0.474. The summed E-state index contributed by atoms with van der Waals surface area (Å²) in [5.74, 6) is 0.326. The summed E-state index contributed by atoms with van der Waals surface area (Å²) in [4.78, 5) is 11.1. The average Bonchev–Trinajstić information content (AvgIpc) is 2.59. The lowest BCUT2D eigenvalue weighted by Crippen LogP contribution is -2.49. The number of nitrogens with zero attached hydrogens (tertiary/aromatic N) is 3. The van der Waals surface area contributed by atoms with Gasteiger partial charge in [0.05, 0.1) is 0 Å². The largest absolute Gasteiger partial charge is 0.460 e. The number of piperidine rings is 2. The molecule has 2 bridgehead atoms. The zero-order valence-electron chi connectivity index (χ0n) is 13.9. The van der Waals surface area contributed by atoms with E-state index >= 15 is 0 Å². The van der Waals surface area contributed by atoms with Crippen LogP contribution in [0, 0.1) is 18.7 Å². The first-order chi connectivity index (χ1) is 11.7. The van der Waals surface area contributed by atoms with Crippen LogP contribution in [0.2, 0.25) is 0 Å². The molecular formula is C19H22FN3O. The summed E-state index contributed by atoms with van der Waals surface area (Å²) >= 11 is 0. The number of hydrogen-bond donors (Lipinski definition) is 0. The molecule has 2 fully saturated rings. The van der Waals surface area contributed by atoms with Gasteiger partial charge in [-0.15, -0.1) is 0 Å². The van der Waals surface area contributed by atoms with E-state index in [1.54, 1.807) is 18.5 Å². The quantitative estimate of drug-likeness (QED) is 0.865. The van der Waals surface area contributed by atoms with Gasteiger partial charge >= 0.3 is 6.01 Å². The van der Waals surface area contributed by atoms with Gasteiger partial charge in [-0.1, -0.05) is 12.1 Å². The summed E-state index contributed by atoms with van der Waals surface area (Å²) < 4.78 is 20.1. The Balaban J connectivity index is 1.47. The third kappa shape index (κ3) is 3.13. The highest BCUT2D eigenvalue weighted by atomic mass is 19.1. The zero-order valence-corrected chi connectivity index (χ0v) is 13.9. The molecule has 3 atom stereocenters. The van der Waals surface area contributed by atoms with Gasteiger partial charge in [-0.2, -0.15) is 0 Å². The molecule has 0 radical (unpaired) electrons. The van der Waals surface area contributed by atoms with Crippen LogP contribution in [0.15, 0.2) is 30.6 Å². The Hall–Kier alpha value is -2.01. The third-order valence-corrected chi connectivity index (χ3v) is 5.12. The third-order valence-electron chi connectivity index (χ3n) is 5.12. The summed E-state index contributed by atoms with van der Waals surface area (Å²) in [6.07, 6.45) is 6.98. The number of ether oxygens (including phenoxy) is 1. The van der Waals surface area contributed by atoms with Gasteiger partial charge in [0.2, 0.25) is 0 Å². The second-order valence-corrected chi connectivity index (χ2v) is 6.89. The maximum absolute atomic E-state index is 14.1. The van der Waals surface area contributed by atoms with Gasteiger partial charge in [0.25, 0.3) is 0 Å². The highest BCUT2D eigenvalue weighted by Gasteiger charge is 2.33. The summed E-state index contributed by atoms with van der Waals surface area (Å²) in [6.45, 7) is 5.30. The van der Waals surface area contributed by atoms with Crippen LogP contribution in [0.3, 0.4) is 0 Å². The Morgan fingerprint density at radius 3 is 2.79 bits per heavy atom. The van der Waals surface area contributed by atoms with E-state index in [0.717, 1.165) is 25.1 Å². The Morgan fingerprint density at radius 2 is 2.00 bits per heavy atom. The molecule has 0 aliphatic carbocycles. The van der Waals surface area contributed by atoms with Crippen LogP contribution >= 0.6 is 0 Å². The Labute approximate surface area is 141 Å². The van der Waals surface area contributed by atoms with Gasteiger partial charge in [0.1, 0.15) is 11.9 Å². The average molecular weight is 327 g/mol. The predicted octanol–water partition coefficient (Wildman–Crippen LogP) is 3.45. The lowest BCUT2D eigenvalue weighted by atomic mass is 9.87. The molecule has 126 valence electrons. The van der Waals surface area contributed by atoms with Crippen LogP contribution in [0.4, 0.5) is 4.39 Å². The fourth-order valence-corrected chi connectivity index (χ4v) is 3.80. The van der Waals surface area contributed by atoms with Crippen molar-refractivity contribution in [3.8, 4) is 17.1 Å². The van der Waals surface area contributed by atoms with Crippen molar-refractivity contribution in [3.05, 3.63) is 42.0 Å². The molecule has 2 aliphatic rings. The SMILES string of the molecule is Cc1ccc(-c2cnc(O[C@H]3CC[N@@]4CCC[C@H]3C4)nc2)c(F)c1. The maximum atomic E-state index is 14.1. The van der Waals surface area contributed by atoms with Crippen LogP contribution in [0.5, 0.6) is 6.01 Å². The van der Waals surface area contributed by atoms with Crippen LogP contribution < -0.4 is 4.74 Å². The van der Waals surface area contributed by atoms with E-state index < -0.39 is 0 Å². The lowest BCUT2D eigenvalue weighted by molar-refractivity contribution is 0.0103. The van der Waals surface area contributed by atoms with E-state index in [2.05, 4.69) is 14.9 Å². The summed E-state index contributed by atoms with van der Waals surface area (Å²) in [5.41, 5.74) is 2.09. The molecule has 3 heterocycles.